The van der Waals surface area contributed by atoms with Gasteiger partial charge in [-0.2, -0.15) is 11.8 Å². The Morgan fingerprint density at radius 3 is 2.36 bits per heavy atom. The molecule has 2 fully saturated rings. The van der Waals surface area contributed by atoms with Crippen molar-refractivity contribution in [2.24, 2.45) is 0 Å². The minimum absolute atomic E-state index is 0.0235. The molecule has 0 aromatic heterocycles. The molecular weight excluding hydrogens is 158 g/mol. The summed E-state index contributed by atoms with van der Waals surface area (Å²) in [5, 5.41) is 9.10. The lowest BCUT2D eigenvalue weighted by molar-refractivity contribution is -0.0264. The van der Waals surface area contributed by atoms with Crippen LogP contribution in [0.1, 0.15) is 12.8 Å². The van der Waals surface area contributed by atoms with Crippen molar-refractivity contribution in [3.63, 3.8) is 0 Å². The van der Waals surface area contributed by atoms with Crippen LogP contribution < -0.4 is 0 Å². The normalized spacial score (nSPS) is 30.3. The third kappa shape index (κ3) is 1.71. The number of rotatable bonds is 1. The zero-order valence-electron chi connectivity index (χ0n) is 6.70. The molecule has 1 N–H and O–H groups in total. The summed E-state index contributed by atoms with van der Waals surface area (Å²) in [6, 6.07) is 0.791. The molecule has 0 radical (unpaired) electrons. The van der Waals surface area contributed by atoms with Crippen LogP contribution in [0.5, 0.6) is 0 Å². The first-order chi connectivity index (χ1) is 5.36. The molecule has 0 unspecified atom stereocenters. The van der Waals surface area contributed by atoms with Crippen molar-refractivity contribution in [3.8, 4) is 0 Å². The van der Waals surface area contributed by atoms with Crippen molar-refractivity contribution in [3.05, 3.63) is 0 Å². The van der Waals surface area contributed by atoms with E-state index in [4.69, 9.17) is 5.11 Å². The second-order valence-electron chi connectivity index (χ2n) is 3.45. The molecule has 2 heterocycles. The summed E-state index contributed by atoms with van der Waals surface area (Å²) in [4.78, 5) is 2.42. The number of nitrogens with zero attached hydrogens (tertiary/aromatic N) is 1. The maximum atomic E-state index is 9.10. The fraction of sp³-hybridized carbons (Fsp3) is 1.00. The minimum atomic E-state index is -0.0235. The van der Waals surface area contributed by atoms with Gasteiger partial charge in [-0.15, -0.1) is 0 Å². The molecule has 64 valence electrons. The van der Waals surface area contributed by atoms with Crippen molar-refractivity contribution in [2.45, 2.75) is 25.0 Å². The van der Waals surface area contributed by atoms with E-state index in [1.807, 2.05) is 0 Å². The monoisotopic (exact) mass is 173 g/mol. The third-order valence-corrected chi connectivity index (χ3v) is 3.65. The van der Waals surface area contributed by atoms with Crippen LogP contribution in [0.15, 0.2) is 0 Å². The van der Waals surface area contributed by atoms with E-state index in [9.17, 15) is 0 Å². The zero-order valence-corrected chi connectivity index (χ0v) is 7.52. The molecule has 2 aliphatic rings. The molecule has 2 aliphatic heterocycles. The number of likely N-dealkylation sites (tertiary alicyclic amines) is 1. The molecule has 0 bridgehead atoms. The molecule has 0 aromatic rings. The molecule has 3 heteroatoms. The van der Waals surface area contributed by atoms with Crippen LogP contribution in [-0.2, 0) is 0 Å². The van der Waals surface area contributed by atoms with Gasteiger partial charge in [0, 0.05) is 19.1 Å². The maximum Gasteiger partial charge on any atom is 0.0794 e. The summed E-state index contributed by atoms with van der Waals surface area (Å²) in [5.41, 5.74) is 0. The summed E-state index contributed by atoms with van der Waals surface area (Å²) in [6.07, 6.45) is 2.64. The molecule has 0 aliphatic carbocycles. The molecule has 0 aromatic carbocycles. The smallest absolute Gasteiger partial charge is 0.0794 e. The van der Waals surface area contributed by atoms with Gasteiger partial charge in [0.2, 0.25) is 0 Å². The molecule has 2 rings (SSSR count). The molecule has 11 heavy (non-hydrogen) atoms. The van der Waals surface area contributed by atoms with Gasteiger partial charge in [-0.3, -0.25) is 4.90 Å². The van der Waals surface area contributed by atoms with Crippen LogP contribution in [0.3, 0.4) is 0 Å². The minimum Gasteiger partial charge on any atom is -0.390 e. The molecular formula is C8H15NOS. The van der Waals surface area contributed by atoms with Gasteiger partial charge in [-0.1, -0.05) is 0 Å². The van der Waals surface area contributed by atoms with Crippen molar-refractivity contribution in [1.82, 2.24) is 4.90 Å². The van der Waals surface area contributed by atoms with Gasteiger partial charge in [-0.05, 0) is 24.3 Å². The van der Waals surface area contributed by atoms with Crippen molar-refractivity contribution in [1.29, 1.82) is 0 Å². The van der Waals surface area contributed by atoms with Crippen LogP contribution in [-0.4, -0.2) is 46.7 Å². The Labute approximate surface area is 72.0 Å². The van der Waals surface area contributed by atoms with Gasteiger partial charge in [0.1, 0.15) is 0 Å². The first-order valence-corrected chi connectivity index (χ1v) is 5.51. The highest BCUT2D eigenvalue weighted by molar-refractivity contribution is 7.99. The van der Waals surface area contributed by atoms with Crippen LogP contribution in [0.4, 0.5) is 0 Å². The standard InChI is InChI=1S/C8H15NOS/c10-8-5-9(6-8)7-1-3-11-4-2-7/h7-8,10H,1-6H2. The van der Waals surface area contributed by atoms with E-state index in [-0.39, 0.29) is 6.10 Å². The Balaban J connectivity index is 1.76. The second-order valence-corrected chi connectivity index (χ2v) is 4.68. The highest BCUT2D eigenvalue weighted by Gasteiger charge is 2.31. The van der Waals surface area contributed by atoms with Gasteiger partial charge in [0.05, 0.1) is 6.10 Å². The number of thioether (sulfide) groups is 1. The summed E-state index contributed by atoms with van der Waals surface area (Å²) in [6.45, 7) is 1.85. The molecule has 0 saturated carbocycles. The first-order valence-electron chi connectivity index (χ1n) is 4.36. The van der Waals surface area contributed by atoms with Crippen molar-refractivity contribution < 1.29 is 5.11 Å². The second kappa shape index (κ2) is 3.33. The van der Waals surface area contributed by atoms with Gasteiger partial charge in [-0.25, -0.2) is 0 Å². The Hall–Kier alpha value is 0.270. The van der Waals surface area contributed by atoms with Crippen LogP contribution in [0.25, 0.3) is 0 Å². The van der Waals surface area contributed by atoms with Gasteiger partial charge in [0.25, 0.3) is 0 Å². The lowest BCUT2D eigenvalue weighted by Crippen LogP contribution is -2.56. The van der Waals surface area contributed by atoms with Crippen LogP contribution in [0, 0.1) is 0 Å². The fourth-order valence-corrected chi connectivity index (χ4v) is 2.92. The van der Waals surface area contributed by atoms with Crippen LogP contribution >= 0.6 is 11.8 Å². The number of β-amino-alcohol motifs (C(OH)–C–C–N with tert-alkyl or cyclic N) is 1. The predicted octanol–water partition coefficient (Wildman–Crippen LogP) is 0.558. The molecule has 2 nitrogen and oxygen atoms in total. The zero-order chi connectivity index (χ0) is 7.68. The largest absolute Gasteiger partial charge is 0.390 e. The molecule has 0 atom stereocenters. The lowest BCUT2D eigenvalue weighted by Gasteiger charge is -2.43. The van der Waals surface area contributed by atoms with Crippen molar-refractivity contribution in [2.75, 3.05) is 24.6 Å². The molecule has 2 saturated heterocycles. The van der Waals surface area contributed by atoms with E-state index in [1.54, 1.807) is 0 Å². The predicted molar refractivity (Wildman–Crippen MR) is 47.9 cm³/mol. The Bertz CT molecular complexity index is 130. The lowest BCUT2D eigenvalue weighted by atomic mass is 10.0. The van der Waals surface area contributed by atoms with E-state index in [2.05, 4.69) is 16.7 Å². The van der Waals surface area contributed by atoms with Gasteiger partial charge in [0.15, 0.2) is 0 Å². The Morgan fingerprint density at radius 1 is 1.18 bits per heavy atom. The van der Waals surface area contributed by atoms with E-state index < -0.39 is 0 Å². The number of hydrogen-bond donors (Lipinski definition) is 1. The van der Waals surface area contributed by atoms with Gasteiger partial charge < -0.3 is 5.11 Å². The molecule has 0 spiro atoms. The average molecular weight is 173 g/mol. The van der Waals surface area contributed by atoms with E-state index in [0.717, 1.165) is 19.1 Å². The van der Waals surface area contributed by atoms with E-state index in [1.165, 1.54) is 24.3 Å². The third-order valence-electron chi connectivity index (χ3n) is 2.60. The topological polar surface area (TPSA) is 23.5 Å². The molecule has 0 amide bonds. The van der Waals surface area contributed by atoms with Gasteiger partial charge >= 0.3 is 0 Å². The summed E-state index contributed by atoms with van der Waals surface area (Å²) < 4.78 is 0. The first kappa shape index (κ1) is 7.90. The summed E-state index contributed by atoms with van der Waals surface area (Å²) >= 11 is 2.06. The quantitative estimate of drug-likeness (QED) is 0.627. The number of aliphatic hydroxyl groups is 1. The van der Waals surface area contributed by atoms with E-state index >= 15 is 0 Å². The SMILES string of the molecule is OC1CN(C2CCSCC2)C1. The average Bonchev–Trinajstić information content (AvgIpc) is 2.01. The highest BCUT2D eigenvalue weighted by Crippen LogP contribution is 2.24. The number of aliphatic hydroxyl groups excluding tert-OH is 1. The Morgan fingerprint density at radius 2 is 1.82 bits per heavy atom. The summed E-state index contributed by atoms with van der Waals surface area (Å²) in [7, 11) is 0. The van der Waals surface area contributed by atoms with Crippen molar-refractivity contribution >= 4 is 11.8 Å². The number of hydrogen-bond acceptors (Lipinski definition) is 3. The maximum absolute atomic E-state index is 9.10. The highest BCUT2D eigenvalue weighted by atomic mass is 32.2. The van der Waals surface area contributed by atoms with Crippen LogP contribution in [0.2, 0.25) is 0 Å². The summed E-state index contributed by atoms with van der Waals surface area (Å²) in [5.74, 6) is 2.63. The fourth-order valence-electron chi connectivity index (χ4n) is 1.84. The Kier molecular flexibility index (Phi) is 2.39. The van der Waals surface area contributed by atoms with E-state index in [0.29, 0.717) is 0 Å².